The minimum Gasteiger partial charge on any atom is -0.377 e. The molecule has 1 rings (SSSR count). The fourth-order valence-corrected chi connectivity index (χ4v) is 6.65. The molecular weight excluding hydrogens is 530 g/mol. The van der Waals surface area contributed by atoms with Crippen molar-refractivity contribution in [2.45, 2.75) is 206 Å². The highest BCUT2D eigenvalue weighted by molar-refractivity contribution is 5.25. The van der Waals surface area contributed by atoms with E-state index in [2.05, 4.69) is 68.5 Å². The Balaban J connectivity index is 2.05. The molecule has 1 aliphatic rings. The molecule has 0 amide bonds. The lowest BCUT2D eigenvalue weighted by Gasteiger charge is -2.24. The molecular formula is C43H79N. The fourth-order valence-electron chi connectivity index (χ4n) is 6.65. The molecule has 0 unspecified atom stereocenters. The summed E-state index contributed by atoms with van der Waals surface area (Å²) in [6.07, 6.45) is 58.9. The molecule has 0 spiro atoms. The molecule has 0 radical (unpaired) electrons. The van der Waals surface area contributed by atoms with Crippen LogP contribution in [0, 0.1) is 5.92 Å². The van der Waals surface area contributed by atoms with E-state index in [4.69, 9.17) is 0 Å². The Hall–Kier alpha value is -1.24. The number of likely N-dealkylation sites (N-methyl/N-ethyl adjacent to an activating group) is 1. The minimum atomic E-state index is 0.786. The molecule has 0 N–H and O–H groups in total. The van der Waals surface area contributed by atoms with Crippen molar-refractivity contribution in [2.75, 3.05) is 13.6 Å². The lowest BCUT2D eigenvalue weighted by Crippen LogP contribution is -2.16. The van der Waals surface area contributed by atoms with Gasteiger partial charge in [-0.3, -0.25) is 0 Å². The third-order valence-electron chi connectivity index (χ3n) is 9.74. The maximum Gasteiger partial charge on any atom is 0.0356 e. The zero-order chi connectivity index (χ0) is 31.6. The predicted molar refractivity (Wildman–Crippen MR) is 201 cm³/mol. The summed E-state index contributed by atoms with van der Waals surface area (Å²) in [5, 5.41) is 0. The van der Waals surface area contributed by atoms with Crippen molar-refractivity contribution in [3.63, 3.8) is 0 Å². The number of unbranched alkanes of at least 4 members (excludes halogenated alkanes) is 24. The van der Waals surface area contributed by atoms with Gasteiger partial charge in [-0.05, 0) is 88.0 Å². The average molecular weight is 610 g/mol. The molecule has 0 aromatic heterocycles. The quantitative estimate of drug-likeness (QED) is 0.0528. The molecule has 44 heavy (non-hydrogen) atoms. The maximum atomic E-state index is 2.50. The Kier molecular flexibility index (Phi) is 30.7. The van der Waals surface area contributed by atoms with Crippen LogP contribution in [0.15, 0.2) is 48.2 Å². The first kappa shape index (κ1) is 40.8. The van der Waals surface area contributed by atoms with Gasteiger partial charge in [0.25, 0.3) is 0 Å². The van der Waals surface area contributed by atoms with Gasteiger partial charge >= 0.3 is 0 Å². The van der Waals surface area contributed by atoms with Crippen LogP contribution in [0.5, 0.6) is 0 Å². The normalized spacial score (nSPS) is 13.7. The predicted octanol–water partition coefficient (Wildman–Crippen LogP) is 14.8. The van der Waals surface area contributed by atoms with Crippen molar-refractivity contribution in [3.05, 3.63) is 48.2 Å². The summed E-state index contributed by atoms with van der Waals surface area (Å²) in [5.41, 5.74) is 1.63. The van der Waals surface area contributed by atoms with Gasteiger partial charge in [-0.2, -0.15) is 0 Å². The van der Waals surface area contributed by atoms with Crippen molar-refractivity contribution >= 4 is 0 Å². The van der Waals surface area contributed by atoms with Crippen molar-refractivity contribution in [2.24, 2.45) is 5.92 Å². The molecule has 0 fully saturated rings. The number of rotatable bonds is 33. The van der Waals surface area contributed by atoms with E-state index in [1.807, 2.05) is 0 Å². The SMILES string of the molecule is CCCCCCCC/C=C\CCCCCCCCC(CCCCCCCC/C=C\CCCCCCCC)C1=CCN(C)C=C1. The van der Waals surface area contributed by atoms with Crippen LogP contribution in [-0.2, 0) is 0 Å². The molecule has 0 bridgehead atoms. The standard InChI is InChI=1S/C43H79N/c1-4-6-8-10-12-14-16-18-20-22-24-26-28-30-32-34-36-42(43-38-40-44(3)41-39-43)37-35-33-31-29-27-25-23-21-19-17-15-13-11-9-7-5-2/h18-21,38-40,42H,4-17,22-37,41H2,1-3H3/b20-18-,21-19-. The second-order valence-electron chi connectivity index (χ2n) is 14.1. The van der Waals surface area contributed by atoms with Crippen LogP contribution in [0.3, 0.4) is 0 Å². The van der Waals surface area contributed by atoms with Gasteiger partial charge in [-0.15, -0.1) is 0 Å². The van der Waals surface area contributed by atoms with Gasteiger partial charge in [0.05, 0.1) is 0 Å². The van der Waals surface area contributed by atoms with Crippen LogP contribution in [0.1, 0.15) is 206 Å². The van der Waals surface area contributed by atoms with Gasteiger partial charge in [0.15, 0.2) is 0 Å². The number of nitrogens with zero attached hydrogens (tertiary/aromatic N) is 1. The van der Waals surface area contributed by atoms with Crippen LogP contribution in [0.4, 0.5) is 0 Å². The third-order valence-corrected chi connectivity index (χ3v) is 9.74. The van der Waals surface area contributed by atoms with Crippen molar-refractivity contribution in [3.8, 4) is 0 Å². The summed E-state index contributed by atoms with van der Waals surface area (Å²) in [6.45, 7) is 5.68. The molecule has 1 aliphatic heterocycles. The van der Waals surface area contributed by atoms with Crippen LogP contribution >= 0.6 is 0 Å². The largest absolute Gasteiger partial charge is 0.377 e. The zero-order valence-electron chi connectivity index (χ0n) is 30.5. The number of allylic oxidation sites excluding steroid dienone is 6. The highest BCUT2D eigenvalue weighted by Crippen LogP contribution is 2.28. The highest BCUT2D eigenvalue weighted by atomic mass is 15.1. The van der Waals surface area contributed by atoms with E-state index in [0.717, 1.165) is 12.5 Å². The van der Waals surface area contributed by atoms with Gasteiger partial charge in [-0.25, -0.2) is 0 Å². The Morgan fingerprint density at radius 2 is 0.841 bits per heavy atom. The molecule has 0 saturated heterocycles. The van der Waals surface area contributed by atoms with Crippen molar-refractivity contribution in [1.29, 1.82) is 0 Å². The monoisotopic (exact) mass is 610 g/mol. The zero-order valence-corrected chi connectivity index (χ0v) is 30.5. The van der Waals surface area contributed by atoms with Crippen LogP contribution in [0.25, 0.3) is 0 Å². The second kappa shape index (κ2) is 33.1. The molecule has 0 saturated carbocycles. The molecule has 256 valence electrons. The van der Waals surface area contributed by atoms with Crippen LogP contribution in [-0.4, -0.2) is 18.5 Å². The van der Waals surface area contributed by atoms with Crippen LogP contribution in [0.2, 0.25) is 0 Å². The Bertz CT molecular complexity index is 656. The topological polar surface area (TPSA) is 3.24 Å². The first-order chi connectivity index (χ1) is 21.8. The summed E-state index contributed by atoms with van der Waals surface area (Å²) in [6, 6.07) is 0. The van der Waals surface area contributed by atoms with Crippen LogP contribution < -0.4 is 0 Å². The summed E-state index contributed by atoms with van der Waals surface area (Å²) < 4.78 is 0. The molecule has 0 aliphatic carbocycles. The van der Waals surface area contributed by atoms with Gasteiger partial charge in [0, 0.05) is 13.6 Å². The first-order valence-corrected chi connectivity index (χ1v) is 20.2. The van der Waals surface area contributed by atoms with Gasteiger partial charge in [-0.1, -0.05) is 173 Å². The van der Waals surface area contributed by atoms with Crippen molar-refractivity contribution in [1.82, 2.24) is 4.90 Å². The summed E-state index contributed by atoms with van der Waals surface area (Å²) in [5.74, 6) is 0.786. The lowest BCUT2D eigenvalue weighted by molar-refractivity contribution is 0.440. The molecule has 1 nitrogen and oxygen atoms in total. The lowest BCUT2D eigenvalue weighted by atomic mass is 9.86. The van der Waals surface area contributed by atoms with E-state index in [0.29, 0.717) is 0 Å². The molecule has 1 heterocycles. The summed E-state index contributed by atoms with van der Waals surface area (Å²) in [7, 11) is 2.19. The number of hydrogen-bond donors (Lipinski definition) is 0. The second-order valence-corrected chi connectivity index (χ2v) is 14.1. The maximum absolute atomic E-state index is 2.50. The first-order valence-electron chi connectivity index (χ1n) is 20.2. The fraction of sp³-hybridized carbons (Fsp3) is 0.814. The molecule has 1 heteroatoms. The van der Waals surface area contributed by atoms with E-state index in [9.17, 15) is 0 Å². The van der Waals surface area contributed by atoms with Gasteiger partial charge < -0.3 is 4.90 Å². The van der Waals surface area contributed by atoms with E-state index < -0.39 is 0 Å². The van der Waals surface area contributed by atoms with E-state index in [1.54, 1.807) is 5.57 Å². The summed E-state index contributed by atoms with van der Waals surface area (Å²) >= 11 is 0. The third kappa shape index (κ3) is 27.1. The highest BCUT2D eigenvalue weighted by Gasteiger charge is 2.14. The van der Waals surface area contributed by atoms with Gasteiger partial charge in [0.1, 0.15) is 0 Å². The molecule has 0 atom stereocenters. The average Bonchev–Trinajstić information content (AvgIpc) is 3.03. The Morgan fingerprint density at radius 1 is 0.500 bits per heavy atom. The Morgan fingerprint density at radius 3 is 1.18 bits per heavy atom. The molecule has 0 aromatic carbocycles. The number of hydrogen-bond acceptors (Lipinski definition) is 1. The van der Waals surface area contributed by atoms with E-state index in [1.165, 1.54) is 193 Å². The molecule has 0 aromatic rings. The summed E-state index contributed by atoms with van der Waals surface area (Å²) in [4.78, 5) is 2.30. The smallest absolute Gasteiger partial charge is 0.0356 e. The van der Waals surface area contributed by atoms with Gasteiger partial charge in [0.2, 0.25) is 0 Å². The van der Waals surface area contributed by atoms with E-state index in [-0.39, 0.29) is 0 Å². The minimum absolute atomic E-state index is 0.786. The van der Waals surface area contributed by atoms with Crippen molar-refractivity contribution < 1.29 is 0 Å². The van der Waals surface area contributed by atoms with E-state index >= 15 is 0 Å². The Labute approximate surface area is 278 Å².